The van der Waals surface area contributed by atoms with Crippen molar-refractivity contribution in [2.75, 3.05) is 6.61 Å². The van der Waals surface area contributed by atoms with Gasteiger partial charge >= 0.3 is 5.97 Å². The number of hydrogen-bond acceptors (Lipinski definition) is 4. The number of allylic oxidation sites excluding steroid dienone is 4. The first-order chi connectivity index (χ1) is 7.51. The first-order valence-corrected chi connectivity index (χ1v) is 5.14. The quantitative estimate of drug-likeness (QED) is 0.443. The molecule has 5 heteroatoms. The van der Waals surface area contributed by atoms with Crippen LogP contribution in [0.3, 0.4) is 0 Å². The molecule has 16 heavy (non-hydrogen) atoms. The minimum atomic E-state index is -1.49. The summed E-state index contributed by atoms with van der Waals surface area (Å²) in [6.45, 7) is 3.56. The number of ether oxygens (including phenoxy) is 1. The molecule has 0 aliphatic heterocycles. The van der Waals surface area contributed by atoms with E-state index in [2.05, 4.69) is 4.74 Å². The van der Waals surface area contributed by atoms with Crippen LogP contribution in [0.25, 0.3) is 0 Å². The average molecular weight is 247 g/mol. The Kier molecular flexibility index (Phi) is 7.33. The summed E-state index contributed by atoms with van der Waals surface area (Å²) in [5.74, 6) is -1.12. The summed E-state index contributed by atoms with van der Waals surface area (Å²) >= 11 is 5.68. The summed E-state index contributed by atoms with van der Waals surface area (Å²) in [5, 5.41) is 18.9. The van der Waals surface area contributed by atoms with Crippen LogP contribution in [0.1, 0.15) is 13.8 Å². The fourth-order valence-electron chi connectivity index (χ4n) is 0.854. The smallest absolute Gasteiger partial charge is 0.339 e. The maximum absolute atomic E-state index is 11.0. The predicted molar refractivity (Wildman–Crippen MR) is 62.1 cm³/mol. The van der Waals surface area contributed by atoms with Crippen LogP contribution in [0.5, 0.6) is 0 Å². The third-order valence-corrected chi connectivity index (χ3v) is 1.70. The summed E-state index contributed by atoms with van der Waals surface area (Å²) in [5.41, 5.74) is 0. The molecule has 0 amide bonds. The first kappa shape index (κ1) is 14.7. The molecule has 0 aromatic carbocycles. The molecule has 1 unspecified atom stereocenters. The van der Waals surface area contributed by atoms with Crippen molar-refractivity contribution in [1.29, 1.82) is 0 Å². The Morgan fingerprint density at radius 1 is 1.56 bits per heavy atom. The number of rotatable bonds is 5. The van der Waals surface area contributed by atoms with Gasteiger partial charge in [-0.3, -0.25) is 0 Å². The van der Waals surface area contributed by atoms with Gasteiger partial charge in [-0.2, -0.15) is 0 Å². The lowest BCUT2D eigenvalue weighted by atomic mass is 10.3. The van der Waals surface area contributed by atoms with E-state index in [1.165, 1.54) is 6.08 Å². The molecule has 4 nitrogen and oxygen atoms in total. The molecule has 0 saturated heterocycles. The van der Waals surface area contributed by atoms with Crippen molar-refractivity contribution in [2.45, 2.75) is 20.0 Å². The molecule has 2 N–H and O–H groups in total. The predicted octanol–water partition coefficient (Wildman–Crippen LogP) is 2.05. The zero-order valence-electron chi connectivity index (χ0n) is 9.18. The Labute approximate surface area is 99.5 Å². The Morgan fingerprint density at radius 2 is 2.19 bits per heavy atom. The van der Waals surface area contributed by atoms with Crippen LogP contribution in [0.4, 0.5) is 0 Å². The second-order valence-corrected chi connectivity index (χ2v) is 3.25. The number of esters is 1. The minimum absolute atomic E-state index is 0.166. The largest absolute Gasteiger partial charge is 0.508 e. The zero-order chi connectivity index (χ0) is 12.6. The van der Waals surface area contributed by atoms with Crippen molar-refractivity contribution in [2.24, 2.45) is 0 Å². The van der Waals surface area contributed by atoms with Crippen LogP contribution in [0, 0.1) is 0 Å². The highest BCUT2D eigenvalue weighted by Crippen LogP contribution is 2.07. The Balaban J connectivity index is 4.53. The SMILES string of the molecule is C\C=C/C(Cl)=C\C(O)=C\C(O)C(=O)OCC. The average Bonchev–Trinajstić information content (AvgIpc) is 2.17. The third-order valence-electron chi connectivity index (χ3n) is 1.47. The van der Waals surface area contributed by atoms with Crippen LogP contribution in [-0.2, 0) is 9.53 Å². The van der Waals surface area contributed by atoms with Gasteiger partial charge in [0.05, 0.1) is 6.61 Å². The summed E-state index contributed by atoms with van der Waals surface area (Å²) in [6, 6.07) is 0. The first-order valence-electron chi connectivity index (χ1n) is 4.76. The molecular weight excluding hydrogens is 232 g/mol. The zero-order valence-corrected chi connectivity index (χ0v) is 9.94. The fourth-order valence-corrected chi connectivity index (χ4v) is 1.09. The van der Waals surface area contributed by atoms with Gasteiger partial charge in [0.1, 0.15) is 5.76 Å². The van der Waals surface area contributed by atoms with Crippen molar-refractivity contribution in [3.8, 4) is 0 Å². The van der Waals surface area contributed by atoms with Crippen LogP contribution < -0.4 is 0 Å². The number of carbonyl (C=O) groups excluding carboxylic acids is 1. The lowest BCUT2D eigenvalue weighted by Gasteiger charge is -2.04. The maximum atomic E-state index is 11.0. The lowest BCUT2D eigenvalue weighted by molar-refractivity contribution is -0.150. The fraction of sp³-hybridized carbons (Fsp3) is 0.364. The van der Waals surface area contributed by atoms with Gasteiger partial charge in [0.15, 0.2) is 6.10 Å². The van der Waals surface area contributed by atoms with Crippen LogP contribution >= 0.6 is 11.6 Å². The minimum Gasteiger partial charge on any atom is -0.508 e. The number of aliphatic hydroxyl groups is 2. The van der Waals surface area contributed by atoms with E-state index in [0.29, 0.717) is 0 Å². The van der Waals surface area contributed by atoms with Crippen molar-refractivity contribution in [3.63, 3.8) is 0 Å². The van der Waals surface area contributed by atoms with Crippen LogP contribution in [0.15, 0.2) is 35.1 Å². The van der Waals surface area contributed by atoms with Gasteiger partial charge in [-0.05, 0) is 32.1 Å². The molecule has 0 bridgehead atoms. The number of hydrogen-bond donors (Lipinski definition) is 2. The maximum Gasteiger partial charge on any atom is 0.339 e. The molecule has 0 aliphatic rings. The van der Waals surface area contributed by atoms with Gasteiger partial charge in [-0.1, -0.05) is 17.7 Å². The Bertz CT molecular complexity index is 318. The molecule has 0 aliphatic carbocycles. The Hall–Kier alpha value is -1.26. The molecule has 0 radical (unpaired) electrons. The van der Waals surface area contributed by atoms with Gasteiger partial charge < -0.3 is 14.9 Å². The van der Waals surface area contributed by atoms with E-state index >= 15 is 0 Å². The number of aliphatic hydroxyl groups excluding tert-OH is 2. The van der Waals surface area contributed by atoms with E-state index in [1.54, 1.807) is 26.0 Å². The highest BCUT2D eigenvalue weighted by Gasteiger charge is 2.13. The van der Waals surface area contributed by atoms with E-state index in [4.69, 9.17) is 11.6 Å². The van der Waals surface area contributed by atoms with Gasteiger partial charge in [-0.15, -0.1) is 0 Å². The van der Waals surface area contributed by atoms with E-state index < -0.39 is 12.1 Å². The lowest BCUT2D eigenvalue weighted by Crippen LogP contribution is -2.21. The Morgan fingerprint density at radius 3 is 2.69 bits per heavy atom. The van der Waals surface area contributed by atoms with E-state index in [9.17, 15) is 15.0 Å². The van der Waals surface area contributed by atoms with Crippen molar-refractivity contribution < 1.29 is 19.7 Å². The summed E-state index contributed by atoms with van der Waals surface area (Å²) in [6.07, 6.45) is 3.91. The highest BCUT2D eigenvalue weighted by atomic mass is 35.5. The molecular formula is C11H15ClO4. The molecule has 0 fully saturated rings. The van der Waals surface area contributed by atoms with Crippen LogP contribution in [0.2, 0.25) is 0 Å². The number of halogens is 1. The summed E-state index contributed by atoms with van der Waals surface area (Å²) < 4.78 is 4.54. The molecule has 0 rings (SSSR count). The van der Waals surface area contributed by atoms with E-state index in [-0.39, 0.29) is 17.4 Å². The van der Waals surface area contributed by atoms with Crippen molar-refractivity contribution in [1.82, 2.24) is 0 Å². The highest BCUT2D eigenvalue weighted by molar-refractivity contribution is 6.31. The molecule has 0 saturated carbocycles. The van der Waals surface area contributed by atoms with Gasteiger partial charge in [-0.25, -0.2) is 4.79 Å². The van der Waals surface area contributed by atoms with Crippen LogP contribution in [-0.4, -0.2) is 28.9 Å². The van der Waals surface area contributed by atoms with E-state index in [0.717, 1.165) is 6.08 Å². The molecule has 0 spiro atoms. The molecule has 0 aromatic heterocycles. The number of carbonyl (C=O) groups is 1. The van der Waals surface area contributed by atoms with Gasteiger partial charge in [0.2, 0.25) is 0 Å². The third kappa shape index (κ3) is 6.27. The van der Waals surface area contributed by atoms with Crippen molar-refractivity contribution in [3.05, 3.63) is 35.1 Å². The van der Waals surface area contributed by atoms with Crippen molar-refractivity contribution >= 4 is 17.6 Å². The molecule has 90 valence electrons. The van der Waals surface area contributed by atoms with Gasteiger partial charge in [0.25, 0.3) is 0 Å². The molecule has 0 aromatic rings. The van der Waals surface area contributed by atoms with E-state index in [1.807, 2.05) is 0 Å². The normalized spacial score (nSPS) is 15.2. The second kappa shape index (κ2) is 7.96. The second-order valence-electron chi connectivity index (χ2n) is 2.82. The monoisotopic (exact) mass is 246 g/mol. The van der Waals surface area contributed by atoms with Gasteiger partial charge in [0, 0.05) is 5.03 Å². The molecule has 0 heterocycles. The summed E-state index contributed by atoms with van der Waals surface area (Å²) in [4.78, 5) is 11.0. The molecule has 1 atom stereocenters. The standard InChI is InChI=1S/C11H15ClO4/c1-3-5-8(12)6-9(13)7-10(14)11(15)16-4-2/h3,5-7,10,13-14H,4H2,1-2H3/b5-3-,8-6+,9-7-. The topological polar surface area (TPSA) is 66.8 Å². The summed E-state index contributed by atoms with van der Waals surface area (Å²) in [7, 11) is 0.